The minimum Gasteiger partial charge on any atom is -0.387 e. The molecule has 2 aliphatic carbocycles. The summed E-state index contributed by atoms with van der Waals surface area (Å²) in [4.78, 5) is 25.8. The van der Waals surface area contributed by atoms with Gasteiger partial charge in [-0.05, 0) is 71.3 Å². The van der Waals surface area contributed by atoms with Crippen LogP contribution in [0.25, 0.3) is 0 Å². The lowest BCUT2D eigenvalue weighted by atomic mass is 9.95. The predicted molar refractivity (Wildman–Crippen MR) is 131 cm³/mol. The van der Waals surface area contributed by atoms with Gasteiger partial charge in [0.05, 0.1) is 28.4 Å². The lowest BCUT2D eigenvalue weighted by molar-refractivity contribution is -0.111. The van der Waals surface area contributed by atoms with Gasteiger partial charge in [-0.15, -0.1) is 0 Å². The Morgan fingerprint density at radius 2 is 2.03 bits per heavy atom. The summed E-state index contributed by atoms with van der Waals surface area (Å²) in [5, 5.41) is 14.0. The van der Waals surface area contributed by atoms with Crippen LogP contribution in [0, 0.1) is 11.7 Å². The van der Waals surface area contributed by atoms with E-state index >= 15 is 0 Å². The molecule has 9 heteroatoms. The van der Waals surface area contributed by atoms with Crippen LogP contribution in [0.2, 0.25) is 0 Å². The highest BCUT2D eigenvalue weighted by atomic mass is 79.9. The van der Waals surface area contributed by atoms with Gasteiger partial charge in [0.25, 0.3) is 0 Å². The Morgan fingerprint density at radius 1 is 1.26 bits per heavy atom. The van der Waals surface area contributed by atoms with Crippen LogP contribution in [0.5, 0.6) is 0 Å². The molecular formula is C25H31BrFN5O2. The molecule has 2 fully saturated rings. The number of aldehydes is 1. The third-order valence-electron chi connectivity index (χ3n) is 7.41. The summed E-state index contributed by atoms with van der Waals surface area (Å²) in [7, 11) is 0. The standard InChI is InChI=1S/C25H31BrFN5O2/c1-15-10-21(34)23-22(15)25(30-14-29-23)32-8-6-31(7-9-32)24(28-12-16-2-3-16)18(13-33)17-4-5-19(26)20(27)11-17/h4-5,11,13-16,18,21,24,28,34H,2-3,6-10,12H2,1H3/t15-,18?,21-,24?/m1/s1. The van der Waals surface area contributed by atoms with E-state index in [1.807, 2.05) is 6.07 Å². The third-order valence-corrected chi connectivity index (χ3v) is 8.06. The zero-order valence-corrected chi connectivity index (χ0v) is 20.9. The smallest absolute Gasteiger partial charge is 0.137 e. The number of halogens is 2. The van der Waals surface area contributed by atoms with Crippen LogP contribution in [-0.2, 0) is 4.79 Å². The van der Waals surface area contributed by atoms with Gasteiger partial charge < -0.3 is 20.1 Å². The van der Waals surface area contributed by atoms with Crippen LogP contribution in [0.1, 0.15) is 60.9 Å². The molecule has 2 N–H and O–H groups in total. The first-order valence-electron chi connectivity index (χ1n) is 12.1. The van der Waals surface area contributed by atoms with Crippen LogP contribution in [0.15, 0.2) is 29.0 Å². The van der Waals surface area contributed by atoms with Crippen molar-refractivity contribution < 1.29 is 14.3 Å². The normalized spacial score (nSPS) is 24.6. The molecule has 0 spiro atoms. The fourth-order valence-electron chi connectivity index (χ4n) is 5.31. The molecule has 0 bridgehead atoms. The van der Waals surface area contributed by atoms with Gasteiger partial charge in [-0.2, -0.15) is 0 Å². The fourth-order valence-corrected chi connectivity index (χ4v) is 5.56. The number of carbonyl (C=O) groups is 1. The number of aliphatic hydroxyl groups is 1. The highest BCUT2D eigenvalue weighted by molar-refractivity contribution is 9.10. The number of hydrogen-bond acceptors (Lipinski definition) is 7. The molecule has 0 radical (unpaired) electrons. The molecule has 7 nitrogen and oxygen atoms in total. The molecule has 4 atom stereocenters. The van der Waals surface area contributed by atoms with E-state index in [4.69, 9.17) is 0 Å². The van der Waals surface area contributed by atoms with Gasteiger partial charge in [0.2, 0.25) is 0 Å². The summed E-state index contributed by atoms with van der Waals surface area (Å²) >= 11 is 3.21. The van der Waals surface area contributed by atoms with Crippen LogP contribution in [-0.4, -0.2) is 65.2 Å². The van der Waals surface area contributed by atoms with Gasteiger partial charge in [0, 0.05) is 31.7 Å². The largest absolute Gasteiger partial charge is 0.387 e. The SMILES string of the molecule is C[C@@H]1C[C@@H](O)c2ncnc(N3CCN(C(NCC4CC4)C(C=O)c4ccc(Br)c(F)c4)CC3)c21. The average Bonchev–Trinajstić information content (AvgIpc) is 3.63. The van der Waals surface area contributed by atoms with E-state index in [1.54, 1.807) is 12.4 Å². The quantitative estimate of drug-likeness (QED) is 0.505. The maximum Gasteiger partial charge on any atom is 0.137 e. The highest BCUT2D eigenvalue weighted by Gasteiger charge is 2.36. The molecule has 2 unspecified atom stereocenters. The molecule has 182 valence electrons. The maximum absolute atomic E-state index is 14.3. The molecule has 2 aromatic rings. The minimum absolute atomic E-state index is 0.197. The number of anilines is 1. The first-order chi connectivity index (χ1) is 16.5. The summed E-state index contributed by atoms with van der Waals surface area (Å²) < 4.78 is 14.7. The second-order valence-electron chi connectivity index (χ2n) is 9.80. The number of nitrogens with zero attached hydrogens (tertiary/aromatic N) is 4. The van der Waals surface area contributed by atoms with E-state index in [2.05, 4.69) is 47.9 Å². The lowest BCUT2D eigenvalue weighted by Gasteiger charge is -2.42. The molecule has 3 aliphatic rings. The number of hydrogen-bond donors (Lipinski definition) is 2. The van der Waals surface area contributed by atoms with Crippen LogP contribution in [0.3, 0.4) is 0 Å². The van der Waals surface area contributed by atoms with Crippen molar-refractivity contribution in [1.82, 2.24) is 20.2 Å². The van der Waals surface area contributed by atoms with Gasteiger partial charge in [0.15, 0.2) is 0 Å². The van der Waals surface area contributed by atoms with Gasteiger partial charge in [0.1, 0.15) is 24.2 Å². The topological polar surface area (TPSA) is 81.6 Å². The summed E-state index contributed by atoms with van der Waals surface area (Å²) in [6.45, 7) is 6.00. The molecule has 1 saturated heterocycles. The van der Waals surface area contributed by atoms with Gasteiger partial charge in [-0.3, -0.25) is 4.90 Å². The fraction of sp³-hybridized carbons (Fsp3) is 0.560. The molecule has 0 amide bonds. The number of carbonyl (C=O) groups excluding carboxylic acids is 1. The maximum atomic E-state index is 14.3. The first-order valence-corrected chi connectivity index (χ1v) is 12.9. The number of fused-ring (bicyclic) bond motifs is 1. The monoisotopic (exact) mass is 531 g/mol. The van der Waals surface area contributed by atoms with Crippen molar-refractivity contribution >= 4 is 28.0 Å². The van der Waals surface area contributed by atoms with Crippen molar-refractivity contribution in [3.8, 4) is 0 Å². The van der Waals surface area contributed by atoms with Crippen LogP contribution in [0.4, 0.5) is 10.2 Å². The summed E-state index contributed by atoms with van der Waals surface area (Å²) in [5.74, 6) is 0.974. The number of piperazine rings is 1. The number of nitrogens with one attached hydrogen (secondary N) is 1. The second kappa shape index (κ2) is 9.97. The molecular weight excluding hydrogens is 501 g/mol. The van der Waals surface area contributed by atoms with Gasteiger partial charge in [-0.1, -0.05) is 13.0 Å². The number of aromatic nitrogens is 2. The average molecular weight is 532 g/mol. The van der Waals surface area contributed by atoms with E-state index in [0.717, 1.165) is 56.1 Å². The lowest BCUT2D eigenvalue weighted by Crippen LogP contribution is -2.57. The molecule has 1 aliphatic heterocycles. The molecule has 2 heterocycles. The van der Waals surface area contributed by atoms with Gasteiger partial charge >= 0.3 is 0 Å². The minimum atomic E-state index is -0.524. The van der Waals surface area contributed by atoms with E-state index in [0.29, 0.717) is 22.4 Å². The summed E-state index contributed by atoms with van der Waals surface area (Å²) in [6.07, 6.45) is 4.89. The van der Waals surface area contributed by atoms with Crippen molar-refractivity contribution in [2.75, 3.05) is 37.6 Å². The molecule has 34 heavy (non-hydrogen) atoms. The number of benzene rings is 1. The van der Waals surface area contributed by atoms with Crippen molar-refractivity contribution in [3.63, 3.8) is 0 Å². The van der Waals surface area contributed by atoms with E-state index < -0.39 is 12.0 Å². The van der Waals surface area contributed by atoms with Crippen molar-refractivity contribution in [2.24, 2.45) is 5.92 Å². The Hall–Kier alpha value is -1.94. The Labute approximate surface area is 207 Å². The first kappa shape index (κ1) is 23.8. The zero-order valence-electron chi connectivity index (χ0n) is 19.3. The Bertz CT molecular complexity index is 1040. The van der Waals surface area contributed by atoms with Crippen molar-refractivity contribution in [1.29, 1.82) is 0 Å². The molecule has 1 aromatic heterocycles. The zero-order chi connectivity index (χ0) is 23.8. The Balaban J connectivity index is 1.34. The second-order valence-corrected chi connectivity index (χ2v) is 10.7. The van der Waals surface area contributed by atoms with E-state index in [9.17, 15) is 14.3 Å². The summed E-state index contributed by atoms with van der Waals surface area (Å²) in [6, 6.07) is 4.95. The number of rotatable bonds is 8. The van der Waals surface area contributed by atoms with E-state index in [-0.39, 0.29) is 17.9 Å². The Kier molecular flexibility index (Phi) is 6.97. The third kappa shape index (κ3) is 4.76. The van der Waals surface area contributed by atoms with E-state index in [1.165, 1.54) is 18.9 Å². The molecule has 5 rings (SSSR count). The van der Waals surface area contributed by atoms with Crippen LogP contribution < -0.4 is 10.2 Å². The van der Waals surface area contributed by atoms with Crippen molar-refractivity contribution in [2.45, 2.75) is 50.3 Å². The van der Waals surface area contributed by atoms with Crippen molar-refractivity contribution in [3.05, 3.63) is 51.6 Å². The summed E-state index contributed by atoms with van der Waals surface area (Å²) in [5.41, 5.74) is 2.49. The van der Waals surface area contributed by atoms with Crippen LogP contribution >= 0.6 is 15.9 Å². The Morgan fingerprint density at radius 3 is 2.71 bits per heavy atom. The molecule has 1 saturated carbocycles. The molecule has 1 aromatic carbocycles. The van der Waals surface area contributed by atoms with Gasteiger partial charge in [-0.25, -0.2) is 14.4 Å². The number of aliphatic hydroxyl groups excluding tert-OH is 1. The highest BCUT2D eigenvalue weighted by Crippen LogP contribution is 2.43. The predicted octanol–water partition coefficient (Wildman–Crippen LogP) is 3.35.